The zero-order valence-electron chi connectivity index (χ0n) is 37.7. The van der Waals surface area contributed by atoms with Crippen molar-refractivity contribution < 1.29 is 13.3 Å². The Balaban J connectivity index is 0.912. The molecule has 0 N–H and O–H groups in total. The maximum atomic E-state index is 6.18. The Morgan fingerprint density at radius 1 is 0.406 bits per heavy atom. The molecule has 0 unspecified atom stereocenters. The quantitative estimate of drug-likeness (QED) is 0.120. The predicted molar refractivity (Wildman–Crippen MR) is 280 cm³/mol. The van der Waals surface area contributed by atoms with Crippen molar-refractivity contribution in [2.75, 3.05) is 0 Å². The monoisotopic (exact) mass is 889 g/mol. The number of fused-ring (bicyclic) bond motifs is 3. The van der Waals surface area contributed by atoms with Gasteiger partial charge in [0, 0.05) is 51.4 Å². The maximum absolute atomic E-state index is 6.18. The first-order chi connectivity index (χ1) is 34.1. The van der Waals surface area contributed by atoms with Gasteiger partial charge in [-0.15, -0.1) is 0 Å². The van der Waals surface area contributed by atoms with Crippen molar-refractivity contribution in [3.05, 3.63) is 248 Å². The van der Waals surface area contributed by atoms with Crippen LogP contribution in [-0.2, 0) is 6.42 Å². The lowest BCUT2D eigenvalue weighted by molar-refractivity contribution is 0.628. The summed E-state index contributed by atoms with van der Waals surface area (Å²) < 4.78 is 18.5. The van der Waals surface area contributed by atoms with Gasteiger partial charge >= 0.3 is 0 Å². The molecule has 328 valence electrons. The first-order valence-electron chi connectivity index (χ1n) is 23.1. The summed E-state index contributed by atoms with van der Waals surface area (Å²) in [6, 6.07) is 68.5. The molecule has 0 aliphatic rings. The highest BCUT2D eigenvalue weighted by Gasteiger charge is 2.16. The van der Waals surface area contributed by atoms with Crippen molar-refractivity contribution in [2.24, 2.45) is 0 Å². The zero-order valence-corrected chi connectivity index (χ0v) is 37.7. The minimum absolute atomic E-state index is 0.674. The summed E-state index contributed by atoms with van der Waals surface area (Å²) >= 11 is 0. The molecular weight excluding hydrogens is 847 g/mol. The highest BCUT2D eigenvalue weighted by molar-refractivity contribution is 5.93. The molecule has 0 saturated heterocycles. The van der Waals surface area contributed by atoms with Crippen LogP contribution in [0.4, 0.5) is 0 Å². The van der Waals surface area contributed by atoms with Crippen LogP contribution in [0.15, 0.2) is 244 Å². The number of furan rings is 3. The average molecular weight is 890 g/mol. The smallest absolute Gasteiger partial charge is 0.153 e. The third-order valence-electron chi connectivity index (χ3n) is 12.8. The van der Waals surface area contributed by atoms with Gasteiger partial charge in [-0.3, -0.25) is 15.0 Å². The maximum Gasteiger partial charge on any atom is 0.153 e. The molecular formula is C63H43N3O3. The molecule has 69 heavy (non-hydrogen) atoms. The highest BCUT2D eigenvalue weighted by Crippen LogP contribution is 2.37. The number of benzene rings is 6. The number of rotatable bonds is 11. The van der Waals surface area contributed by atoms with Gasteiger partial charge in [0.25, 0.3) is 0 Å². The van der Waals surface area contributed by atoms with E-state index in [1.807, 2.05) is 110 Å². The van der Waals surface area contributed by atoms with E-state index >= 15 is 0 Å². The lowest BCUT2D eigenvalue weighted by Gasteiger charge is -2.15. The van der Waals surface area contributed by atoms with Gasteiger partial charge in [0.15, 0.2) is 17.3 Å². The summed E-state index contributed by atoms with van der Waals surface area (Å²) in [5, 5.41) is 3.16. The predicted octanol–water partition coefficient (Wildman–Crippen LogP) is 16.8. The molecule has 6 heterocycles. The van der Waals surface area contributed by atoms with Gasteiger partial charge < -0.3 is 13.3 Å². The summed E-state index contributed by atoms with van der Waals surface area (Å²) in [4.78, 5) is 14.7. The molecule has 6 aromatic carbocycles. The first kappa shape index (κ1) is 41.3. The van der Waals surface area contributed by atoms with Crippen LogP contribution in [0.25, 0.3) is 112 Å². The van der Waals surface area contributed by atoms with E-state index in [0.717, 1.165) is 123 Å². The van der Waals surface area contributed by atoms with Gasteiger partial charge in [0.1, 0.15) is 33.8 Å². The van der Waals surface area contributed by atoms with Crippen molar-refractivity contribution in [2.45, 2.75) is 13.3 Å². The Hall–Kier alpha value is -9.13. The second-order valence-electron chi connectivity index (χ2n) is 17.2. The summed E-state index contributed by atoms with van der Waals surface area (Å²) in [5.41, 5.74) is 16.9. The van der Waals surface area contributed by atoms with Gasteiger partial charge in [-0.2, -0.15) is 0 Å². The van der Waals surface area contributed by atoms with Crippen LogP contribution in [0.1, 0.15) is 23.6 Å². The van der Waals surface area contributed by atoms with E-state index < -0.39 is 0 Å². The molecule has 6 nitrogen and oxygen atoms in total. The summed E-state index contributed by atoms with van der Waals surface area (Å²) in [6.45, 7) is 2.19. The summed E-state index contributed by atoms with van der Waals surface area (Å²) in [6.07, 6.45) is 11.2. The van der Waals surface area contributed by atoms with E-state index in [1.54, 1.807) is 0 Å². The fraction of sp³-hybridized carbons (Fsp3) is 0.0317. The molecule has 0 aliphatic carbocycles. The molecule has 0 radical (unpaired) electrons. The Labute approximate surface area is 399 Å². The normalized spacial score (nSPS) is 12.1. The molecule has 0 fully saturated rings. The van der Waals surface area contributed by atoms with Gasteiger partial charge in [-0.05, 0) is 112 Å². The summed E-state index contributed by atoms with van der Waals surface area (Å²) in [5.74, 6) is 2.24. The second-order valence-corrected chi connectivity index (χ2v) is 17.2. The number of pyridine rings is 3. The Morgan fingerprint density at radius 3 is 1.26 bits per heavy atom. The van der Waals surface area contributed by atoms with Crippen LogP contribution < -0.4 is 0 Å². The fourth-order valence-electron chi connectivity index (χ4n) is 9.24. The largest absolute Gasteiger partial charge is 0.454 e. The molecule has 0 bridgehead atoms. The lowest BCUT2D eigenvalue weighted by atomic mass is 9.89. The third-order valence-corrected chi connectivity index (χ3v) is 12.8. The number of hydrogen-bond acceptors (Lipinski definition) is 6. The molecule has 0 amide bonds. The van der Waals surface area contributed by atoms with Crippen molar-refractivity contribution in [1.82, 2.24) is 15.0 Å². The number of para-hydroxylation sites is 3. The molecule has 0 aliphatic heterocycles. The van der Waals surface area contributed by atoms with E-state index in [1.165, 1.54) is 5.56 Å². The highest BCUT2D eigenvalue weighted by atomic mass is 16.3. The second kappa shape index (κ2) is 17.9. The zero-order chi connectivity index (χ0) is 46.1. The Morgan fingerprint density at radius 2 is 0.797 bits per heavy atom. The van der Waals surface area contributed by atoms with E-state index in [4.69, 9.17) is 28.2 Å². The molecule has 0 saturated carbocycles. The van der Waals surface area contributed by atoms with Crippen molar-refractivity contribution in [1.29, 1.82) is 0 Å². The SMILES string of the molecule is C/C(=C\C(=C/Cc1ccccc1-c1ccc(-c2cc3ccccc3o2)nc1)c1ccccc1-c1ccc(-c2cc3ccccc3o2)nc1)c1ccccc1-c1ccc(-c2cc3ccccc3o2)nc1. The van der Waals surface area contributed by atoms with Crippen LogP contribution >= 0.6 is 0 Å². The number of nitrogens with zero attached hydrogens (tertiary/aromatic N) is 3. The molecule has 0 spiro atoms. The summed E-state index contributed by atoms with van der Waals surface area (Å²) in [7, 11) is 0. The molecule has 6 aromatic heterocycles. The number of aromatic nitrogens is 3. The van der Waals surface area contributed by atoms with Gasteiger partial charge in [0.05, 0.1) is 0 Å². The minimum atomic E-state index is 0.674. The van der Waals surface area contributed by atoms with Crippen LogP contribution in [-0.4, -0.2) is 15.0 Å². The Kier molecular flexibility index (Phi) is 10.7. The van der Waals surface area contributed by atoms with E-state index in [0.29, 0.717) is 6.42 Å². The lowest BCUT2D eigenvalue weighted by Crippen LogP contribution is -1.94. The van der Waals surface area contributed by atoms with Gasteiger partial charge in [-0.25, -0.2) is 0 Å². The van der Waals surface area contributed by atoms with E-state index in [2.05, 4.69) is 128 Å². The number of allylic oxidation sites excluding steroid dienone is 4. The topological polar surface area (TPSA) is 78.1 Å². The fourth-order valence-corrected chi connectivity index (χ4v) is 9.24. The third kappa shape index (κ3) is 8.25. The van der Waals surface area contributed by atoms with Gasteiger partial charge in [0.2, 0.25) is 0 Å². The van der Waals surface area contributed by atoms with Crippen molar-refractivity contribution in [3.63, 3.8) is 0 Å². The average Bonchev–Trinajstić information content (AvgIpc) is 4.18. The molecule has 0 atom stereocenters. The Bertz CT molecular complexity index is 3770. The van der Waals surface area contributed by atoms with Crippen molar-refractivity contribution in [3.8, 4) is 67.7 Å². The van der Waals surface area contributed by atoms with Crippen LogP contribution in [0, 0.1) is 0 Å². The molecule has 12 rings (SSSR count). The van der Waals surface area contributed by atoms with E-state index in [9.17, 15) is 0 Å². The first-order valence-corrected chi connectivity index (χ1v) is 23.1. The van der Waals surface area contributed by atoms with E-state index in [-0.39, 0.29) is 0 Å². The molecule has 6 heteroatoms. The van der Waals surface area contributed by atoms with Crippen LogP contribution in [0.5, 0.6) is 0 Å². The van der Waals surface area contributed by atoms with Crippen molar-refractivity contribution >= 4 is 44.1 Å². The molecule has 12 aromatic rings. The van der Waals surface area contributed by atoms with Crippen LogP contribution in [0.3, 0.4) is 0 Å². The number of hydrogen-bond donors (Lipinski definition) is 0. The van der Waals surface area contributed by atoms with Gasteiger partial charge in [-0.1, -0.05) is 158 Å². The standard InChI is InChI=1S/C63H43N3O3/c1-41(50-18-7-8-21-53(50)48-29-32-56(65-39-48)62-36-45-16-4-12-24-59(45)68-62)34-43(52-20-9-10-22-54(52)49-30-33-57(66-40-49)63-37-46-17-5-13-25-60(46)69-63)27-26-42-14-2-6-19-51(42)47-28-31-55(64-38-47)61-35-44-15-3-11-23-58(44)67-61/h2-25,27-40H,26H2,1H3/b41-34+,43-27+. The van der Waals surface area contributed by atoms with Crippen LogP contribution in [0.2, 0.25) is 0 Å². The minimum Gasteiger partial charge on any atom is -0.454 e.